The maximum Gasteiger partial charge on any atom is 0.287 e. The number of rotatable bonds is 10. The van der Waals surface area contributed by atoms with E-state index in [4.69, 9.17) is 15.6 Å². The fourth-order valence-electron chi connectivity index (χ4n) is 5.54. The average Bonchev–Trinajstić information content (AvgIpc) is 3.59. The number of carbonyl (C=O) groups excluding carboxylic acids is 2. The van der Waals surface area contributed by atoms with Crippen molar-refractivity contribution < 1.29 is 35.9 Å². The van der Waals surface area contributed by atoms with Crippen molar-refractivity contribution in [3.05, 3.63) is 53.8 Å². The number of ether oxygens (including phenoxy) is 1. The number of amides is 1. The van der Waals surface area contributed by atoms with Crippen LogP contribution in [0.2, 0.25) is 0 Å². The van der Waals surface area contributed by atoms with Crippen LogP contribution in [0.25, 0.3) is 22.1 Å². The summed E-state index contributed by atoms with van der Waals surface area (Å²) in [5, 5.41) is 3.42. The van der Waals surface area contributed by atoms with Crippen LogP contribution in [-0.2, 0) is 21.1 Å². The van der Waals surface area contributed by atoms with Gasteiger partial charge >= 0.3 is 0 Å². The third-order valence-electron chi connectivity index (χ3n) is 8.49. The molecule has 3 aromatic rings. The molecule has 0 bridgehead atoms. The molecule has 0 spiro atoms. The number of methoxy groups -OCH3 is 1. The van der Waals surface area contributed by atoms with Gasteiger partial charge in [-0.1, -0.05) is 30.2 Å². The molecule has 0 unspecified atom stereocenters. The van der Waals surface area contributed by atoms with Crippen LogP contribution in [-0.4, -0.2) is 50.7 Å². The minimum atomic E-state index is -3.13. The molecule has 1 amide bonds. The number of aryl methyl sites for hydroxylation is 1. The predicted octanol–water partition coefficient (Wildman–Crippen LogP) is 5.75. The van der Waals surface area contributed by atoms with Gasteiger partial charge in [0.05, 0.1) is 18.4 Å². The first kappa shape index (κ1) is 29.8. The van der Waals surface area contributed by atoms with Crippen LogP contribution in [0.15, 0.2) is 46.9 Å². The summed E-state index contributed by atoms with van der Waals surface area (Å²) in [5.74, 6) is -0.641. The zero-order valence-electron chi connectivity index (χ0n) is 23.6. The number of Topliss-reactive ketones (excluding diaryl/α,β-unsaturated/α-hetero) is 1. The Morgan fingerprint density at radius 1 is 1.02 bits per heavy atom. The minimum absolute atomic E-state index is 0.00595. The van der Waals surface area contributed by atoms with Crippen LogP contribution in [0, 0.1) is 17.8 Å². The number of hydrogen-bond donors (Lipinski definition) is 1. The lowest BCUT2D eigenvalue weighted by atomic mass is 9.74. The van der Waals surface area contributed by atoms with E-state index in [0.717, 1.165) is 16.7 Å². The van der Waals surface area contributed by atoms with Crippen LogP contribution in [0.3, 0.4) is 0 Å². The van der Waals surface area contributed by atoms with Crippen LogP contribution in [0.1, 0.15) is 61.1 Å². The number of terminal acetylenes is 1. The van der Waals surface area contributed by atoms with Crippen molar-refractivity contribution in [1.82, 2.24) is 5.32 Å². The standard InChI is InChI=1S/C32H33F2NO6S/c1-4-30(10-11-30)20-28(36)31(12-14-32(33,34)15-13-31)35-29(37)27-19-24-8-7-23(18-26(24)41-27)22-6-5-21(25(17-22)40-2)9-16-42(3,38)39/h1,5-8,17-19H,9-16,20H2,2-3H3,(H,35,37). The summed E-state index contributed by atoms with van der Waals surface area (Å²) in [6, 6.07) is 12.5. The summed E-state index contributed by atoms with van der Waals surface area (Å²) in [5.41, 5.74) is 0.807. The Morgan fingerprint density at radius 3 is 2.31 bits per heavy atom. The number of nitrogens with one attached hydrogen (secondary N) is 1. The van der Waals surface area contributed by atoms with Crippen LogP contribution in [0.4, 0.5) is 8.78 Å². The van der Waals surface area contributed by atoms with Crippen molar-refractivity contribution in [2.45, 2.75) is 62.8 Å². The van der Waals surface area contributed by atoms with E-state index in [1.54, 1.807) is 18.2 Å². The van der Waals surface area contributed by atoms with Crippen LogP contribution >= 0.6 is 0 Å². The smallest absolute Gasteiger partial charge is 0.287 e. The normalized spacial score (nSPS) is 18.6. The zero-order chi connectivity index (χ0) is 30.3. The Hall–Kier alpha value is -3.71. The lowest BCUT2D eigenvalue weighted by Gasteiger charge is -2.39. The molecule has 222 valence electrons. The lowest BCUT2D eigenvalue weighted by molar-refractivity contribution is -0.131. The van der Waals surface area contributed by atoms with Gasteiger partial charge in [-0.25, -0.2) is 17.2 Å². The highest BCUT2D eigenvalue weighted by Gasteiger charge is 2.52. The second-order valence-electron chi connectivity index (χ2n) is 11.7. The molecule has 2 aliphatic rings. The van der Waals surface area contributed by atoms with E-state index in [2.05, 4.69) is 11.2 Å². The number of hydrogen-bond acceptors (Lipinski definition) is 6. The SMILES string of the molecule is C#CC1(CC(=O)C2(NC(=O)c3cc4ccc(-c5ccc(CCS(C)(=O)=O)c(OC)c5)cc4o3)CCC(F)(F)CC2)CC1. The Labute approximate surface area is 243 Å². The van der Waals surface area contributed by atoms with Crippen molar-refractivity contribution in [2.24, 2.45) is 5.41 Å². The molecule has 1 aromatic heterocycles. The molecule has 5 rings (SSSR count). The first-order chi connectivity index (χ1) is 19.8. The first-order valence-corrected chi connectivity index (χ1v) is 15.9. The van der Waals surface area contributed by atoms with Crippen molar-refractivity contribution in [2.75, 3.05) is 19.1 Å². The molecule has 2 aromatic carbocycles. The van der Waals surface area contributed by atoms with E-state index in [1.807, 2.05) is 24.3 Å². The van der Waals surface area contributed by atoms with Gasteiger partial charge in [-0.2, -0.15) is 0 Å². The third kappa shape index (κ3) is 6.36. The number of sulfone groups is 1. The Kier molecular flexibility index (Phi) is 7.69. The fraction of sp³-hybridized carbons (Fsp3) is 0.438. The molecular weight excluding hydrogens is 564 g/mol. The van der Waals surface area contributed by atoms with Gasteiger partial charge in [-0.05, 0) is 67.0 Å². The highest BCUT2D eigenvalue weighted by Crippen LogP contribution is 2.50. The zero-order valence-corrected chi connectivity index (χ0v) is 24.4. The second kappa shape index (κ2) is 10.8. The molecule has 2 aliphatic carbocycles. The summed E-state index contributed by atoms with van der Waals surface area (Å²) in [6.45, 7) is 0. The topological polar surface area (TPSA) is 103 Å². The molecule has 0 aliphatic heterocycles. The van der Waals surface area contributed by atoms with Crippen molar-refractivity contribution in [3.8, 4) is 29.2 Å². The van der Waals surface area contributed by atoms with Gasteiger partial charge in [0.2, 0.25) is 5.92 Å². The molecule has 10 heteroatoms. The maximum atomic E-state index is 14.1. The highest BCUT2D eigenvalue weighted by atomic mass is 32.2. The maximum absolute atomic E-state index is 14.1. The Bertz CT molecular complexity index is 1690. The molecule has 7 nitrogen and oxygen atoms in total. The summed E-state index contributed by atoms with van der Waals surface area (Å²) < 4.78 is 62.7. The molecule has 0 atom stereocenters. The molecule has 0 saturated heterocycles. The largest absolute Gasteiger partial charge is 0.496 e. The van der Waals surface area contributed by atoms with Gasteiger partial charge in [0.25, 0.3) is 5.91 Å². The quantitative estimate of drug-likeness (QED) is 0.299. The molecule has 2 saturated carbocycles. The van der Waals surface area contributed by atoms with Gasteiger partial charge in [0.1, 0.15) is 21.2 Å². The Balaban J connectivity index is 1.38. The van der Waals surface area contributed by atoms with Gasteiger partial charge < -0.3 is 14.5 Å². The molecule has 1 heterocycles. The van der Waals surface area contributed by atoms with Crippen molar-refractivity contribution in [1.29, 1.82) is 0 Å². The fourth-order valence-corrected chi connectivity index (χ4v) is 6.13. The van der Waals surface area contributed by atoms with Crippen molar-refractivity contribution >= 4 is 32.5 Å². The molecule has 0 radical (unpaired) electrons. The minimum Gasteiger partial charge on any atom is -0.496 e. The third-order valence-corrected chi connectivity index (χ3v) is 9.43. The van der Waals surface area contributed by atoms with E-state index in [1.165, 1.54) is 13.4 Å². The van der Waals surface area contributed by atoms with E-state index in [0.29, 0.717) is 36.0 Å². The van der Waals surface area contributed by atoms with Crippen LogP contribution in [0.5, 0.6) is 5.75 Å². The summed E-state index contributed by atoms with van der Waals surface area (Å²) in [4.78, 5) is 26.8. The van der Waals surface area contributed by atoms with E-state index >= 15 is 0 Å². The molecule has 2 fully saturated rings. The van der Waals surface area contributed by atoms with E-state index in [9.17, 15) is 26.8 Å². The number of halogens is 2. The number of furan rings is 1. The lowest BCUT2D eigenvalue weighted by Crippen LogP contribution is -2.58. The Morgan fingerprint density at radius 2 is 1.69 bits per heavy atom. The number of alkyl halides is 2. The monoisotopic (exact) mass is 597 g/mol. The van der Waals surface area contributed by atoms with E-state index in [-0.39, 0.29) is 36.6 Å². The van der Waals surface area contributed by atoms with Gasteiger partial charge in [0, 0.05) is 36.3 Å². The average molecular weight is 598 g/mol. The summed E-state index contributed by atoms with van der Waals surface area (Å²) >= 11 is 0. The number of fused-ring (bicyclic) bond motifs is 1. The summed E-state index contributed by atoms with van der Waals surface area (Å²) in [6.07, 6.45) is 7.26. The van der Waals surface area contributed by atoms with Crippen molar-refractivity contribution in [3.63, 3.8) is 0 Å². The summed E-state index contributed by atoms with van der Waals surface area (Å²) in [7, 11) is -1.61. The van der Waals surface area contributed by atoms with Gasteiger partial charge in [-0.15, -0.1) is 6.42 Å². The number of benzene rings is 2. The first-order valence-electron chi connectivity index (χ1n) is 13.9. The molecular formula is C32H33F2NO6S. The second-order valence-corrected chi connectivity index (χ2v) is 13.9. The van der Waals surface area contributed by atoms with Crippen LogP contribution < -0.4 is 10.1 Å². The number of carbonyl (C=O) groups is 2. The van der Waals surface area contributed by atoms with Gasteiger partial charge in [-0.3, -0.25) is 9.59 Å². The van der Waals surface area contributed by atoms with E-state index < -0.39 is 45.5 Å². The molecule has 42 heavy (non-hydrogen) atoms. The number of ketones is 1. The van der Waals surface area contributed by atoms with Gasteiger partial charge in [0.15, 0.2) is 11.5 Å². The highest BCUT2D eigenvalue weighted by molar-refractivity contribution is 7.90. The predicted molar refractivity (Wildman–Crippen MR) is 155 cm³/mol. The molecule has 1 N–H and O–H groups in total.